The van der Waals surface area contributed by atoms with Crippen molar-refractivity contribution in [3.05, 3.63) is 24.3 Å². The van der Waals surface area contributed by atoms with Gasteiger partial charge in [-0.05, 0) is 47.0 Å². The van der Waals surface area contributed by atoms with Crippen LogP contribution in [0.3, 0.4) is 0 Å². The number of carbonyl (C=O) groups excluding carboxylic acids is 1. The van der Waals surface area contributed by atoms with Crippen LogP contribution in [0.1, 0.15) is 47.0 Å². The first-order valence-electron chi connectivity index (χ1n) is 7.77. The lowest BCUT2D eigenvalue weighted by Crippen LogP contribution is -2.42. The van der Waals surface area contributed by atoms with E-state index in [1.807, 2.05) is 44.7 Å². The molecular formula is C17H29NO3. The largest absolute Gasteiger partial charge is 0.444 e. The third-order valence-electron chi connectivity index (χ3n) is 3.54. The normalized spacial score (nSPS) is 21.4. The Hall–Kier alpha value is -1.29. The smallest absolute Gasteiger partial charge is 0.410 e. The first-order valence-corrected chi connectivity index (χ1v) is 7.77. The van der Waals surface area contributed by atoms with E-state index >= 15 is 0 Å². The molecule has 0 bridgehead atoms. The quantitative estimate of drug-likeness (QED) is 0.790. The topological polar surface area (TPSA) is 49.8 Å². The summed E-state index contributed by atoms with van der Waals surface area (Å²) in [4.78, 5) is 14.2. The molecule has 2 unspecified atom stereocenters. The van der Waals surface area contributed by atoms with E-state index in [1.165, 1.54) is 0 Å². The van der Waals surface area contributed by atoms with Crippen molar-refractivity contribution in [3.63, 3.8) is 0 Å². The van der Waals surface area contributed by atoms with Crippen molar-refractivity contribution in [2.45, 2.75) is 58.6 Å². The summed E-state index contributed by atoms with van der Waals surface area (Å²) < 4.78 is 5.51. The molecule has 1 fully saturated rings. The van der Waals surface area contributed by atoms with E-state index in [0.717, 1.165) is 25.8 Å². The number of hydrogen-bond acceptors (Lipinski definition) is 3. The van der Waals surface area contributed by atoms with Crippen molar-refractivity contribution in [3.8, 4) is 0 Å². The van der Waals surface area contributed by atoms with E-state index in [1.54, 1.807) is 6.08 Å². The van der Waals surface area contributed by atoms with Gasteiger partial charge in [0.05, 0.1) is 6.61 Å². The molecule has 2 atom stereocenters. The highest BCUT2D eigenvalue weighted by Crippen LogP contribution is 2.29. The van der Waals surface area contributed by atoms with Gasteiger partial charge in [0.2, 0.25) is 0 Å². The van der Waals surface area contributed by atoms with Crippen LogP contribution < -0.4 is 0 Å². The monoisotopic (exact) mass is 295 g/mol. The van der Waals surface area contributed by atoms with Crippen molar-refractivity contribution in [1.29, 1.82) is 0 Å². The Morgan fingerprint density at radius 3 is 2.71 bits per heavy atom. The van der Waals surface area contributed by atoms with Gasteiger partial charge < -0.3 is 14.7 Å². The number of nitrogens with zero attached hydrogens (tertiary/aromatic N) is 1. The fraction of sp³-hybridized carbons (Fsp3) is 0.706. The maximum absolute atomic E-state index is 12.3. The highest BCUT2D eigenvalue weighted by Gasteiger charge is 2.35. The summed E-state index contributed by atoms with van der Waals surface area (Å²) in [5, 5.41) is 8.85. The summed E-state index contributed by atoms with van der Waals surface area (Å²) >= 11 is 0. The molecule has 0 spiro atoms. The first kappa shape index (κ1) is 17.8. The molecule has 0 aromatic rings. The SMILES string of the molecule is CC=CC(CC=CCO)C1CCCN1C(=O)OC(C)(C)C. The van der Waals surface area contributed by atoms with E-state index in [2.05, 4.69) is 6.08 Å². The van der Waals surface area contributed by atoms with Gasteiger partial charge in [-0.15, -0.1) is 0 Å². The number of amides is 1. The van der Waals surface area contributed by atoms with Gasteiger partial charge in [0.15, 0.2) is 0 Å². The predicted molar refractivity (Wildman–Crippen MR) is 85.1 cm³/mol. The van der Waals surface area contributed by atoms with Crippen molar-refractivity contribution in [1.82, 2.24) is 4.90 Å². The van der Waals surface area contributed by atoms with Crippen LogP contribution in [0.4, 0.5) is 4.79 Å². The zero-order valence-electron chi connectivity index (χ0n) is 13.7. The predicted octanol–water partition coefficient (Wildman–Crippen LogP) is 3.52. The Morgan fingerprint density at radius 1 is 1.43 bits per heavy atom. The molecule has 0 aliphatic carbocycles. The number of aliphatic hydroxyl groups excluding tert-OH is 1. The van der Waals surface area contributed by atoms with Gasteiger partial charge in [-0.2, -0.15) is 0 Å². The Balaban J connectivity index is 2.76. The fourth-order valence-electron chi connectivity index (χ4n) is 2.72. The molecule has 4 nitrogen and oxygen atoms in total. The minimum Gasteiger partial charge on any atom is -0.444 e. The molecule has 1 N–H and O–H groups in total. The zero-order chi connectivity index (χ0) is 15.9. The average Bonchev–Trinajstić information content (AvgIpc) is 2.85. The molecule has 1 amide bonds. The maximum Gasteiger partial charge on any atom is 0.410 e. The molecule has 1 aliphatic rings. The van der Waals surface area contributed by atoms with Crippen LogP contribution in [-0.4, -0.2) is 40.9 Å². The van der Waals surface area contributed by atoms with Gasteiger partial charge in [0, 0.05) is 18.5 Å². The molecule has 1 saturated heterocycles. The summed E-state index contributed by atoms with van der Waals surface area (Å²) in [5.41, 5.74) is -0.461. The Labute approximate surface area is 128 Å². The molecular weight excluding hydrogens is 266 g/mol. The molecule has 0 radical (unpaired) electrons. The maximum atomic E-state index is 12.3. The minimum absolute atomic E-state index is 0.0585. The van der Waals surface area contributed by atoms with Crippen molar-refractivity contribution in [2.75, 3.05) is 13.2 Å². The highest BCUT2D eigenvalue weighted by atomic mass is 16.6. The van der Waals surface area contributed by atoms with Crippen molar-refractivity contribution < 1.29 is 14.6 Å². The molecule has 4 heteroatoms. The highest BCUT2D eigenvalue weighted by molar-refractivity contribution is 5.69. The molecule has 1 rings (SSSR count). The number of allylic oxidation sites excluding steroid dienone is 2. The second kappa shape index (κ2) is 8.23. The summed E-state index contributed by atoms with van der Waals surface area (Å²) in [5.74, 6) is 0.271. The van der Waals surface area contributed by atoms with E-state index in [0.29, 0.717) is 0 Å². The van der Waals surface area contributed by atoms with Crippen LogP contribution >= 0.6 is 0 Å². The molecule has 1 heterocycles. The van der Waals surface area contributed by atoms with Crippen LogP contribution in [-0.2, 0) is 4.74 Å². The summed E-state index contributed by atoms with van der Waals surface area (Å²) in [6, 6.07) is 0.180. The minimum atomic E-state index is -0.461. The van der Waals surface area contributed by atoms with E-state index in [-0.39, 0.29) is 24.7 Å². The lowest BCUT2D eigenvalue weighted by atomic mass is 9.93. The Morgan fingerprint density at radius 2 is 2.14 bits per heavy atom. The molecule has 0 aromatic heterocycles. The van der Waals surface area contributed by atoms with E-state index in [9.17, 15) is 4.79 Å². The summed E-state index contributed by atoms with van der Waals surface area (Å²) in [6.45, 7) is 8.49. The third kappa shape index (κ3) is 5.92. The molecule has 21 heavy (non-hydrogen) atoms. The van der Waals surface area contributed by atoms with Gasteiger partial charge in [-0.25, -0.2) is 4.79 Å². The second-order valence-corrected chi connectivity index (χ2v) is 6.46. The number of hydrogen-bond donors (Lipinski definition) is 1. The fourth-order valence-corrected chi connectivity index (χ4v) is 2.72. The lowest BCUT2D eigenvalue weighted by molar-refractivity contribution is 0.0195. The zero-order valence-corrected chi connectivity index (χ0v) is 13.7. The number of ether oxygens (including phenoxy) is 1. The van der Waals surface area contributed by atoms with Crippen LogP contribution in [0, 0.1) is 5.92 Å². The van der Waals surface area contributed by atoms with Crippen molar-refractivity contribution >= 4 is 6.09 Å². The first-order chi connectivity index (χ1) is 9.89. The summed E-state index contributed by atoms with van der Waals surface area (Å²) in [6.07, 6.45) is 10.5. The van der Waals surface area contributed by atoms with Gasteiger partial charge in [0.1, 0.15) is 5.60 Å². The molecule has 0 saturated carbocycles. The standard InChI is InChI=1S/C17H29NO3/c1-5-9-14(10-6-7-13-19)15-11-8-12-18(15)16(20)21-17(2,3)4/h5-7,9,14-15,19H,8,10-13H2,1-4H3. The molecule has 0 aromatic carbocycles. The van der Waals surface area contributed by atoms with Crippen LogP contribution in [0.25, 0.3) is 0 Å². The van der Waals surface area contributed by atoms with Crippen LogP contribution in [0.2, 0.25) is 0 Å². The van der Waals surface area contributed by atoms with Gasteiger partial charge in [-0.3, -0.25) is 0 Å². The number of rotatable bonds is 5. The number of aliphatic hydroxyl groups is 1. The van der Waals surface area contributed by atoms with E-state index in [4.69, 9.17) is 9.84 Å². The third-order valence-corrected chi connectivity index (χ3v) is 3.54. The molecule has 1 aliphatic heterocycles. The summed E-state index contributed by atoms with van der Waals surface area (Å²) in [7, 11) is 0. The lowest BCUT2D eigenvalue weighted by Gasteiger charge is -2.31. The van der Waals surface area contributed by atoms with Crippen LogP contribution in [0.15, 0.2) is 24.3 Å². The number of carbonyl (C=O) groups is 1. The Bertz CT molecular complexity index is 382. The van der Waals surface area contributed by atoms with Crippen molar-refractivity contribution in [2.24, 2.45) is 5.92 Å². The van der Waals surface area contributed by atoms with E-state index < -0.39 is 5.60 Å². The second-order valence-electron chi connectivity index (χ2n) is 6.46. The molecule has 120 valence electrons. The Kier molecular flexibility index (Phi) is 6.96. The van der Waals surface area contributed by atoms with Crippen LogP contribution in [0.5, 0.6) is 0 Å². The average molecular weight is 295 g/mol. The van der Waals surface area contributed by atoms with Gasteiger partial charge in [0.25, 0.3) is 0 Å². The number of likely N-dealkylation sites (tertiary alicyclic amines) is 1. The van der Waals surface area contributed by atoms with Gasteiger partial charge >= 0.3 is 6.09 Å². The van der Waals surface area contributed by atoms with Gasteiger partial charge in [-0.1, -0.05) is 24.3 Å².